The van der Waals surface area contributed by atoms with Gasteiger partial charge in [-0.25, -0.2) is 9.37 Å². The Bertz CT molecular complexity index is 368. The third kappa shape index (κ3) is 1.21. The topological polar surface area (TPSA) is 17.8 Å². The average Bonchev–Trinajstić information content (AvgIpc) is 2.56. The van der Waals surface area contributed by atoms with Gasteiger partial charge in [0.1, 0.15) is 5.82 Å². The van der Waals surface area contributed by atoms with Gasteiger partial charge in [-0.3, -0.25) is 0 Å². The Morgan fingerprint density at radius 1 is 1.42 bits per heavy atom. The molecule has 0 bridgehead atoms. The van der Waals surface area contributed by atoms with Gasteiger partial charge in [0.15, 0.2) is 0 Å². The van der Waals surface area contributed by atoms with Crippen molar-refractivity contribution in [1.29, 1.82) is 0 Å². The van der Waals surface area contributed by atoms with Gasteiger partial charge in [0, 0.05) is 18.1 Å². The third-order valence-electron chi connectivity index (χ3n) is 1.54. The Balaban J connectivity index is 2.48. The second-order valence-corrected chi connectivity index (χ2v) is 2.38. The molecule has 0 atom stereocenters. The standard InChI is InChI=1S/C9H6FN2/c10-8-2-1-3-9(6-8)12-5-4-11-7-12/h2-7H. The van der Waals surface area contributed by atoms with Crippen molar-refractivity contribution in [3.63, 3.8) is 0 Å². The molecule has 1 heterocycles. The largest absolute Gasteiger partial charge is 0.306 e. The fourth-order valence-corrected chi connectivity index (χ4v) is 0.992. The molecule has 0 aliphatic rings. The Kier molecular flexibility index (Phi) is 1.63. The van der Waals surface area contributed by atoms with E-state index in [1.54, 1.807) is 29.4 Å². The summed E-state index contributed by atoms with van der Waals surface area (Å²) in [6.45, 7) is 0. The number of nitrogens with zero attached hydrogens (tertiary/aromatic N) is 2. The number of aromatic nitrogens is 2. The van der Waals surface area contributed by atoms with Crippen molar-refractivity contribution in [3.8, 4) is 5.69 Å². The summed E-state index contributed by atoms with van der Waals surface area (Å²) >= 11 is 0. The summed E-state index contributed by atoms with van der Waals surface area (Å²) < 4.78 is 14.4. The van der Waals surface area contributed by atoms with Crippen LogP contribution in [0.25, 0.3) is 5.69 Å². The summed E-state index contributed by atoms with van der Waals surface area (Å²) in [6.07, 6.45) is 5.01. The van der Waals surface area contributed by atoms with Crippen LogP contribution in [0, 0.1) is 11.9 Å². The highest BCUT2D eigenvalue weighted by Gasteiger charge is 1.95. The molecule has 12 heavy (non-hydrogen) atoms. The maximum Gasteiger partial charge on any atom is 0.125 e. The van der Waals surface area contributed by atoms with Gasteiger partial charge in [-0.05, 0) is 24.3 Å². The van der Waals surface area contributed by atoms with E-state index in [2.05, 4.69) is 11.1 Å². The van der Waals surface area contributed by atoms with E-state index in [0.717, 1.165) is 5.69 Å². The molecule has 0 amide bonds. The maximum atomic E-state index is 12.7. The number of halogens is 1. The monoisotopic (exact) mass is 161 g/mol. The molecule has 1 aromatic heterocycles. The van der Waals surface area contributed by atoms with E-state index in [0.29, 0.717) is 0 Å². The van der Waals surface area contributed by atoms with Crippen molar-refractivity contribution < 1.29 is 4.39 Å². The average molecular weight is 161 g/mol. The van der Waals surface area contributed by atoms with E-state index in [1.165, 1.54) is 12.1 Å². The first-order valence-corrected chi connectivity index (χ1v) is 3.51. The van der Waals surface area contributed by atoms with Gasteiger partial charge in [0.25, 0.3) is 0 Å². The van der Waals surface area contributed by atoms with E-state index >= 15 is 0 Å². The highest BCUT2D eigenvalue weighted by molar-refractivity contribution is 5.30. The minimum absolute atomic E-state index is 0.291. The van der Waals surface area contributed by atoms with Crippen molar-refractivity contribution >= 4 is 0 Å². The lowest BCUT2D eigenvalue weighted by Gasteiger charge is -1.99. The van der Waals surface area contributed by atoms with Crippen molar-refractivity contribution in [2.45, 2.75) is 0 Å². The van der Waals surface area contributed by atoms with Crippen LogP contribution in [0.1, 0.15) is 0 Å². The zero-order chi connectivity index (χ0) is 8.39. The molecule has 1 aromatic carbocycles. The molecule has 0 N–H and O–H groups in total. The smallest absolute Gasteiger partial charge is 0.125 e. The third-order valence-corrected chi connectivity index (χ3v) is 1.54. The normalized spacial score (nSPS) is 10.1. The van der Waals surface area contributed by atoms with E-state index in [-0.39, 0.29) is 5.82 Å². The van der Waals surface area contributed by atoms with Crippen LogP contribution < -0.4 is 0 Å². The summed E-state index contributed by atoms with van der Waals surface area (Å²) in [5.74, 6) is -0.291. The van der Waals surface area contributed by atoms with Gasteiger partial charge < -0.3 is 4.57 Å². The van der Waals surface area contributed by atoms with Crippen molar-refractivity contribution in [3.05, 3.63) is 48.8 Å². The highest BCUT2D eigenvalue weighted by atomic mass is 19.1. The van der Waals surface area contributed by atoms with Gasteiger partial charge in [-0.1, -0.05) is 0 Å². The summed E-state index contributed by atoms with van der Waals surface area (Å²) in [4.78, 5) is 3.85. The first kappa shape index (κ1) is 7.03. The number of rotatable bonds is 1. The lowest BCUT2D eigenvalue weighted by molar-refractivity contribution is 0.626. The van der Waals surface area contributed by atoms with Gasteiger partial charge in [-0.15, -0.1) is 0 Å². The first-order chi connectivity index (χ1) is 5.86. The van der Waals surface area contributed by atoms with E-state index in [9.17, 15) is 4.39 Å². The molecule has 0 saturated carbocycles. The molecule has 2 nitrogen and oxygen atoms in total. The minimum atomic E-state index is -0.291. The van der Waals surface area contributed by atoms with Gasteiger partial charge in [0.2, 0.25) is 0 Å². The molecule has 1 radical (unpaired) electrons. The van der Waals surface area contributed by atoms with E-state index < -0.39 is 0 Å². The Labute approximate surface area is 69.3 Å². The van der Waals surface area contributed by atoms with Crippen molar-refractivity contribution in [2.24, 2.45) is 0 Å². The molecule has 59 valence electrons. The molecular formula is C9H6FN2. The Hall–Kier alpha value is -1.64. The van der Waals surface area contributed by atoms with Crippen LogP contribution >= 0.6 is 0 Å². The number of hydrogen-bond acceptors (Lipinski definition) is 1. The molecule has 3 heteroatoms. The lowest BCUT2D eigenvalue weighted by atomic mass is 10.3. The highest BCUT2D eigenvalue weighted by Crippen LogP contribution is 2.07. The maximum absolute atomic E-state index is 12.7. The summed E-state index contributed by atoms with van der Waals surface area (Å²) in [6, 6.07) is 7.11. The number of hydrogen-bond donors (Lipinski definition) is 0. The van der Waals surface area contributed by atoms with Crippen molar-refractivity contribution in [2.75, 3.05) is 0 Å². The SMILES string of the molecule is Fc1c[c]cc(-n2ccnc2)c1. The fraction of sp³-hybridized carbons (Fsp3) is 0. The second-order valence-electron chi connectivity index (χ2n) is 2.38. The van der Waals surface area contributed by atoms with Gasteiger partial charge in [-0.2, -0.15) is 0 Å². The van der Waals surface area contributed by atoms with Crippen LogP contribution in [0.4, 0.5) is 4.39 Å². The van der Waals surface area contributed by atoms with Crippen LogP contribution in [-0.4, -0.2) is 9.55 Å². The van der Waals surface area contributed by atoms with Crippen molar-refractivity contribution in [1.82, 2.24) is 9.55 Å². The summed E-state index contributed by atoms with van der Waals surface area (Å²) in [5.41, 5.74) is 0.729. The predicted octanol–water partition coefficient (Wildman–Crippen LogP) is 1.81. The predicted molar refractivity (Wildman–Crippen MR) is 42.4 cm³/mol. The molecule has 0 saturated heterocycles. The Morgan fingerprint density at radius 2 is 2.33 bits per heavy atom. The second kappa shape index (κ2) is 2.77. The molecule has 0 aliphatic heterocycles. The molecular weight excluding hydrogens is 155 g/mol. The zero-order valence-corrected chi connectivity index (χ0v) is 6.24. The summed E-state index contributed by atoms with van der Waals surface area (Å²) in [7, 11) is 0. The molecule has 0 aliphatic carbocycles. The van der Waals surface area contributed by atoms with E-state index in [4.69, 9.17) is 0 Å². The molecule has 2 rings (SSSR count). The number of imidazole rings is 1. The van der Waals surface area contributed by atoms with Crippen LogP contribution in [0.2, 0.25) is 0 Å². The quantitative estimate of drug-likeness (QED) is 0.623. The molecule has 2 aromatic rings. The minimum Gasteiger partial charge on any atom is -0.306 e. The van der Waals surface area contributed by atoms with Crippen LogP contribution in [0.3, 0.4) is 0 Å². The van der Waals surface area contributed by atoms with Gasteiger partial charge in [0.05, 0.1) is 6.33 Å². The number of benzene rings is 1. The van der Waals surface area contributed by atoms with Gasteiger partial charge >= 0.3 is 0 Å². The zero-order valence-electron chi connectivity index (χ0n) is 6.24. The fourth-order valence-electron chi connectivity index (χ4n) is 0.992. The van der Waals surface area contributed by atoms with Crippen LogP contribution in [0.5, 0.6) is 0 Å². The lowest BCUT2D eigenvalue weighted by Crippen LogP contribution is -1.89. The molecule has 0 fully saturated rings. The first-order valence-electron chi connectivity index (χ1n) is 3.51. The summed E-state index contributed by atoms with van der Waals surface area (Å²) in [5, 5.41) is 0. The molecule has 0 spiro atoms. The van der Waals surface area contributed by atoms with Crippen LogP contribution in [0.15, 0.2) is 36.9 Å². The Morgan fingerprint density at radius 3 is 3.00 bits per heavy atom. The van der Waals surface area contributed by atoms with Crippen LogP contribution in [-0.2, 0) is 0 Å². The van der Waals surface area contributed by atoms with E-state index in [1.807, 2.05) is 0 Å². The molecule has 0 unspecified atom stereocenters.